The molecule has 1 fully saturated rings. The molecule has 1 aromatic carbocycles. The second-order valence-corrected chi connectivity index (χ2v) is 3.95. The van der Waals surface area contributed by atoms with E-state index in [2.05, 4.69) is 10.1 Å². The number of nitrogens with two attached hydrogens (primary N) is 1. The minimum absolute atomic E-state index is 0.0447. The fraction of sp³-hybridized carbons (Fsp3) is 0.250. The third-order valence-electron chi connectivity index (χ3n) is 2.58. The van der Waals surface area contributed by atoms with Crippen molar-refractivity contribution >= 4 is 18.0 Å². The molecule has 7 heteroatoms. The van der Waals surface area contributed by atoms with E-state index in [1.54, 1.807) is 24.3 Å². The molecule has 1 saturated heterocycles. The van der Waals surface area contributed by atoms with Gasteiger partial charge < -0.3 is 20.5 Å². The van der Waals surface area contributed by atoms with Gasteiger partial charge in [0.15, 0.2) is 6.04 Å². The number of hydrogen-bond acceptors (Lipinski definition) is 6. The first-order valence-electron chi connectivity index (χ1n) is 5.56. The highest BCUT2D eigenvalue weighted by Gasteiger charge is 2.41. The minimum atomic E-state index is -1.29. The van der Waals surface area contributed by atoms with Gasteiger partial charge in [-0.05, 0) is 5.56 Å². The van der Waals surface area contributed by atoms with Gasteiger partial charge in [0.1, 0.15) is 12.6 Å². The number of esters is 2. The number of alkyl carbamates (subject to hydrolysis) is 1. The van der Waals surface area contributed by atoms with Crippen LogP contribution in [-0.4, -0.2) is 30.1 Å². The van der Waals surface area contributed by atoms with Crippen molar-refractivity contribution in [2.45, 2.75) is 18.7 Å². The number of hydrogen-bond donors (Lipinski definition) is 2. The predicted molar refractivity (Wildman–Crippen MR) is 62.6 cm³/mol. The summed E-state index contributed by atoms with van der Waals surface area (Å²) in [6, 6.07) is 6.52. The maximum Gasteiger partial charge on any atom is 0.415 e. The van der Waals surface area contributed by atoms with Gasteiger partial charge in [-0.1, -0.05) is 30.3 Å². The summed E-state index contributed by atoms with van der Waals surface area (Å²) in [6.07, 6.45) is -0.915. The number of carbonyl (C=O) groups is 3. The van der Waals surface area contributed by atoms with Gasteiger partial charge in [-0.2, -0.15) is 0 Å². The molecule has 0 aromatic heterocycles. The lowest BCUT2D eigenvalue weighted by molar-refractivity contribution is -0.150. The quantitative estimate of drug-likeness (QED) is 0.570. The standard InChI is InChI=1S/C12H12N2O5/c13-8(9-11(16)19-12(17)14-9)10(15)18-6-7-4-2-1-3-5-7/h1-5,8-9H,6,13H2,(H,14,17). The van der Waals surface area contributed by atoms with Gasteiger partial charge in [0.05, 0.1) is 0 Å². The lowest BCUT2D eigenvalue weighted by Crippen LogP contribution is -2.51. The van der Waals surface area contributed by atoms with Crippen LogP contribution in [0, 0.1) is 0 Å². The molecule has 0 radical (unpaired) electrons. The Morgan fingerprint density at radius 3 is 2.63 bits per heavy atom. The van der Waals surface area contributed by atoms with Crippen LogP contribution in [0.2, 0.25) is 0 Å². The van der Waals surface area contributed by atoms with E-state index in [-0.39, 0.29) is 6.61 Å². The number of nitrogens with one attached hydrogen (secondary N) is 1. The molecule has 100 valence electrons. The van der Waals surface area contributed by atoms with Crippen molar-refractivity contribution in [3.05, 3.63) is 35.9 Å². The lowest BCUT2D eigenvalue weighted by atomic mass is 10.1. The Kier molecular flexibility index (Phi) is 3.76. The molecule has 1 aliphatic rings. The summed E-state index contributed by atoms with van der Waals surface area (Å²) in [7, 11) is 0. The van der Waals surface area contributed by atoms with Gasteiger partial charge in [0, 0.05) is 0 Å². The number of carbonyl (C=O) groups excluding carboxylic acids is 3. The van der Waals surface area contributed by atoms with Crippen molar-refractivity contribution in [1.82, 2.24) is 5.32 Å². The summed E-state index contributed by atoms with van der Waals surface area (Å²) in [6.45, 7) is 0.0447. The van der Waals surface area contributed by atoms with Crippen LogP contribution in [-0.2, 0) is 25.7 Å². The van der Waals surface area contributed by atoms with Crippen molar-refractivity contribution in [2.75, 3.05) is 0 Å². The van der Waals surface area contributed by atoms with E-state index in [0.717, 1.165) is 5.56 Å². The highest BCUT2D eigenvalue weighted by Crippen LogP contribution is 2.07. The first-order chi connectivity index (χ1) is 9.08. The van der Waals surface area contributed by atoms with Crippen LogP contribution in [0.15, 0.2) is 30.3 Å². The Morgan fingerprint density at radius 1 is 1.37 bits per heavy atom. The van der Waals surface area contributed by atoms with Crippen LogP contribution >= 0.6 is 0 Å². The topological polar surface area (TPSA) is 108 Å². The highest BCUT2D eigenvalue weighted by atomic mass is 16.6. The van der Waals surface area contributed by atoms with E-state index < -0.39 is 30.1 Å². The summed E-state index contributed by atoms with van der Waals surface area (Å²) in [5, 5.41) is 2.15. The number of rotatable bonds is 4. The molecule has 0 bridgehead atoms. The highest BCUT2D eigenvalue weighted by molar-refractivity contribution is 5.99. The first kappa shape index (κ1) is 13.0. The first-order valence-corrected chi connectivity index (χ1v) is 5.56. The van der Waals surface area contributed by atoms with E-state index in [1.165, 1.54) is 0 Å². The number of amides is 1. The molecule has 1 aliphatic heterocycles. The molecule has 7 nitrogen and oxygen atoms in total. The summed E-state index contributed by atoms with van der Waals surface area (Å²) < 4.78 is 9.19. The predicted octanol–water partition coefficient (Wildman–Crippen LogP) is -0.308. The SMILES string of the molecule is NC(C(=O)OCc1ccccc1)C1NC(=O)OC1=O. The lowest BCUT2D eigenvalue weighted by Gasteiger charge is -2.14. The molecular weight excluding hydrogens is 252 g/mol. The molecule has 0 spiro atoms. The molecule has 1 heterocycles. The Balaban J connectivity index is 1.89. The third-order valence-corrected chi connectivity index (χ3v) is 2.58. The molecule has 0 aliphatic carbocycles. The zero-order chi connectivity index (χ0) is 13.8. The number of ether oxygens (including phenoxy) is 2. The van der Waals surface area contributed by atoms with Gasteiger partial charge in [-0.15, -0.1) is 0 Å². The molecular formula is C12H12N2O5. The molecule has 3 N–H and O–H groups in total. The van der Waals surface area contributed by atoms with Gasteiger partial charge >= 0.3 is 18.0 Å². The van der Waals surface area contributed by atoms with Crippen molar-refractivity contribution in [2.24, 2.45) is 5.73 Å². The van der Waals surface area contributed by atoms with Crippen LogP contribution in [0.1, 0.15) is 5.56 Å². The minimum Gasteiger partial charge on any atom is -0.460 e. The zero-order valence-electron chi connectivity index (χ0n) is 9.87. The van der Waals surface area contributed by atoms with Crippen molar-refractivity contribution in [3.63, 3.8) is 0 Å². The molecule has 1 amide bonds. The van der Waals surface area contributed by atoms with Crippen LogP contribution in [0.25, 0.3) is 0 Å². The van der Waals surface area contributed by atoms with Crippen LogP contribution < -0.4 is 11.1 Å². The van der Waals surface area contributed by atoms with E-state index >= 15 is 0 Å². The number of benzene rings is 1. The third kappa shape index (κ3) is 3.08. The molecule has 1 aromatic rings. The van der Waals surface area contributed by atoms with E-state index in [0.29, 0.717) is 0 Å². The second-order valence-electron chi connectivity index (χ2n) is 3.95. The van der Waals surface area contributed by atoms with Crippen LogP contribution in [0.4, 0.5) is 4.79 Å². The van der Waals surface area contributed by atoms with Crippen LogP contribution in [0.3, 0.4) is 0 Å². The van der Waals surface area contributed by atoms with Crippen molar-refractivity contribution in [3.8, 4) is 0 Å². The normalized spacial score (nSPS) is 19.5. The van der Waals surface area contributed by atoms with Crippen molar-refractivity contribution in [1.29, 1.82) is 0 Å². The summed E-state index contributed by atoms with van der Waals surface area (Å²) in [4.78, 5) is 33.7. The second kappa shape index (κ2) is 5.49. The van der Waals surface area contributed by atoms with Gasteiger partial charge in [-0.3, -0.25) is 4.79 Å². The summed E-state index contributed by atoms with van der Waals surface area (Å²) in [5.41, 5.74) is 6.34. The molecule has 2 atom stereocenters. The van der Waals surface area contributed by atoms with E-state index in [4.69, 9.17) is 10.5 Å². The van der Waals surface area contributed by atoms with Gasteiger partial charge in [0.25, 0.3) is 0 Å². The summed E-state index contributed by atoms with van der Waals surface area (Å²) >= 11 is 0. The Morgan fingerprint density at radius 2 is 2.05 bits per heavy atom. The summed E-state index contributed by atoms with van der Waals surface area (Å²) in [5.74, 6) is -1.66. The molecule has 0 saturated carbocycles. The fourth-order valence-electron chi connectivity index (χ4n) is 1.57. The Bertz CT molecular complexity index is 502. The zero-order valence-corrected chi connectivity index (χ0v) is 9.87. The van der Waals surface area contributed by atoms with Crippen molar-refractivity contribution < 1.29 is 23.9 Å². The maximum absolute atomic E-state index is 11.6. The number of cyclic esters (lactones) is 2. The maximum atomic E-state index is 11.6. The smallest absolute Gasteiger partial charge is 0.415 e. The Labute approximate surface area is 108 Å². The van der Waals surface area contributed by atoms with Crippen LogP contribution in [0.5, 0.6) is 0 Å². The average molecular weight is 264 g/mol. The van der Waals surface area contributed by atoms with Gasteiger partial charge in [0.2, 0.25) is 0 Å². The average Bonchev–Trinajstić information content (AvgIpc) is 2.75. The largest absolute Gasteiger partial charge is 0.460 e. The molecule has 2 rings (SSSR count). The molecule has 19 heavy (non-hydrogen) atoms. The van der Waals surface area contributed by atoms with E-state index in [1.807, 2.05) is 6.07 Å². The van der Waals surface area contributed by atoms with Gasteiger partial charge in [-0.25, -0.2) is 9.59 Å². The molecule has 2 unspecified atom stereocenters. The van der Waals surface area contributed by atoms with E-state index in [9.17, 15) is 14.4 Å². The fourth-order valence-corrected chi connectivity index (χ4v) is 1.57. The monoisotopic (exact) mass is 264 g/mol. The Hall–Kier alpha value is -2.41.